The van der Waals surface area contributed by atoms with Crippen LogP contribution < -0.4 is 5.73 Å². The zero-order valence-corrected chi connectivity index (χ0v) is 14.1. The summed E-state index contributed by atoms with van der Waals surface area (Å²) >= 11 is 9.47. The van der Waals surface area contributed by atoms with Crippen LogP contribution in [0.1, 0.15) is 12.5 Å². The van der Waals surface area contributed by atoms with Gasteiger partial charge in [0.15, 0.2) is 9.84 Å². The minimum atomic E-state index is -2.98. The molecular weight excluding hydrogens is 378 g/mol. The summed E-state index contributed by atoms with van der Waals surface area (Å²) in [6.07, 6.45) is 0.546. The van der Waals surface area contributed by atoms with E-state index in [1.54, 1.807) is 22.9 Å². The monoisotopic (exact) mass is 389 g/mol. The smallest absolute Gasteiger partial charge is 0.152 e. The van der Waals surface area contributed by atoms with Gasteiger partial charge >= 0.3 is 0 Å². The van der Waals surface area contributed by atoms with Gasteiger partial charge in [-0.25, -0.2) is 13.1 Å². The van der Waals surface area contributed by atoms with Crippen LogP contribution in [0, 0.1) is 0 Å². The summed E-state index contributed by atoms with van der Waals surface area (Å²) in [5, 5.41) is 5.07. The Kier molecular flexibility index (Phi) is 3.75. The van der Waals surface area contributed by atoms with Gasteiger partial charge in [0, 0.05) is 21.1 Å². The molecule has 1 atom stereocenters. The van der Waals surface area contributed by atoms with Crippen molar-refractivity contribution in [2.75, 3.05) is 17.2 Å². The summed E-state index contributed by atoms with van der Waals surface area (Å²) in [7, 11) is -2.98. The summed E-state index contributed by atoms with van der Waals surface area (Å²) < 4.78 is 25.6. The number of aromatic nitrogens is 2. The molecule has 1 fully saturated rings. The minimum Gasteiger partial charge on any atom is -0.384 e. The third kappa shape index (κ3) is 2.95. The number of rotatable bonds is 2. The van der Waals surface area contributed by atoms with E-state index in [4.69, 9.17) is 17.3 Å². The maximum absolute atomic E-state index is 11.6. The first kappa shape index (κ1) is 14.9. The first-order valence-electron chi connectivity index (χ1n) is 6.36. The Bertz CT molecular complexity index is 804. The van der Waals surface area contributed by atoms with E-state index in [1.807, 2.05) is 6.07 Å². The molecule has 2 N–H and O–H groups in total. The Morgan fingerprint density at radius 3 is 2.81 bits per heavy atom. The molecule has 1 aromatic heterocycles. The molecule has 0 saturated carbocycles. The molecule has 1 saturated heterocycles. The topological polar surface area (TPSA) is 78.0 Å². The standard InChI is InChI=1S/C13H13BrClN3O2S/c14-11-2-1-8(15)5-10(11)12-6-13(16)18(17-12)9-3-4-21(19,20)7-9/h1-2,5-6,9H,3-4,7,16H2. The van der Waals surface area contributed by atoms with Gasteiger partial charge in [0.05, 0.1) is 23.2 Å². The van der Waals surface area contributed by atoms with Gasteiger partial charge < -0.3 is 5.73 Å². The van der Waals surface area contributed by atoms with E-state index in [-0.39, 0.29) is 17.5 Å². The fraction of sp³-hybridized carbons (Fsp3) is 0.308. The molecule has 3 rings (SSSR count). The largest absolute Gasteiger partial charge is 0.384 e. The van der Waals surface area contributed by atoms with Crippen LogP contribution in [0.4, 0.5) is 5.82 Å². The molecule has 0 radical (unpaired) electrons. The van der Waals surface area contributed by atoms with Crippen molar-refractivity contribution in [2.24, 2.45) is 0 Å². The summed E-state index contributed by atoms with van der Waals surface area (Å²) in [4.78, 5) is 0. The van der Waals surface area contributed by atoms with Gasteiger partial charge in [-0.15, -0.1) is 0 Å². The van der Waals surface area contributed by atoms with E-state index in [0.717, 1.165) is 10.0 Å². The second kappa shape index (κ2) is 5.30. The maximum atomic E-state index is 11.6. The number of anilines is 1. The fourth-order valence-corrected chi connectivity index (χ4v) is 4.81. The number of nitrogen functional groups attached to an aromatic ring is 1. The highest BCUT2D eigenvalue weighted by atomic mass is 79.9. The molecule has 0 bridgehead atoms. The highest BCUT2D eigenvalue weighted by Gasteiger charge is 2.31. The zero-order chi connectivity index (χ0) is 15.2. The van der Waals surface area contributed by atoms with Crippen molar-refractivity contribution < 1.29 is 8.42 Å². The second-order valence-corrected chi connectivity index (χ2v) is 8.60. The van der Waals surface area contributed by atoms with Crippen molar-refractivity contribution in [3.63, 3.8) is 0 Å². The molecule has 0 spiro atoms. The first-order valence-corrected chi connectivity index (χ1v) is 9.36. The lowest BCUT2D eigenvalue weighted by atomic mass is 10.1. The van der Waals surface area contributed by atoms with Gasteiger partial charge in [0.25, 0.3) is 0 Å². The fourth-order valence-electron chi connectivity index (χ4n) is 2.50. The molecule has 2 aromatic rings. The van der Waals surface area contributed by atoms with Gasteiger partial charge in [-0.2, -0.15) is 5.10 Å². The van der Waals surface area contributed by atoms with E-state index in [0.29, 0.717) is 23.0 Å². The third-order valence-corrected chi connectivity index (χ3v) is 6.20. The molecule has 1 aliphatic rings. The van der Waals surface area contributed by atoms with Crippen molar-refractivity contribution in [3.8, 4) is 11.3 Å². The second-order valence-electron chi connectivity index (χ2n) is 5.08. The average Bonchev–Trinajstić information content (AvgIpc) is 2.95. The van der Waals surface area contributed by atoms with Crippen LogP contribution in [-0.4, -0.2) is 29.7 Å². The number of hydrogen-bond donors (Lipinski definition) is 1. The van der Waals surface area contributed by atoms with Gasteiger partial charge in [-0.05, 0) is 24.6 Å². The number of nitrogens with zero attached hydrogens (tertiary/aromatic N) is 2. The Morgan fingerprint density at radius 1 is 1.38 bits per heavy atom. The summed E-state index contributed by atoms with van der Waals surface area (Å²) in [6.45, 7) is 0. The molecule has 8 heteroatoms. The van der Waals surface area contributed by atoms with Gasteiger partial charge in [-0.3, -0.25) is 0 Å². The molecule has 112 valence electrons. The number of nitrogens with two attached hydrogens (primary N) is 1. The predicted molar refractivity (Wildman–Crippen MR) is 87.1 cm³/mol. The van der Waals surface area contributed by atoms with Crippen LogP contribution in [0.15, 0.2) is 28.7 Å². The maximum Gasteiger partial charge on any atom is 0.152 e. The Labute approximate surface area is 136 Å². The lowest BCUT2D eigenvalue weighted by Crippen LogP contribution is -2.14. The van der Waals surface area contributed by atoms with Crippen molar-refractivity contribution in [1.82, 2.24) is 9.78 Å². The molecule has 1 aliphatic heterocycles. The third-order valence-electron chi connectivity index (χ3n) is 3.52. The van der Waals surface area contributed by atoms with Crippen molar-refractivity contribution in [1.29, 1.82) is 0 Å². The predicted octanol–water partition coefficient (Wildman–Crippen LogP) is 2.91. The van der Waals surface area contributed by atoms with E-state index in [9.17, 15) is 8.42 Å². The minimum absolute atomic E-state index is 0.0923. The van der Waals surface area contributed by atoms with Gasteiger partial charge in [0.2, 0.25) is 0 Å². The quantitative estimate of drug-likeness (QED) is 0.855. The highest BCUT2D eigenvalue weighted by molar-refractivity contribution is 9.10. The Hall–Kier alpha value is -1.05. The van der Waals surface area contributed by atoms with Crippen molar-refractivity contribution >= 4 is 43.2 Å². The number of sulfone groups is 1. The first-order chi connectivity index (χ1) is 9.85. The van der Waals surface area contributed by atoms with Crippen LogP contribution >= 0.6 is 27.5 Å². The Morgan fingerprint density at radius 2 is 2.14 bits per heavy atom. The van der Waals surface area contributed by atoms with Crippen LogP contribution in [-0.2, 0) is 9.84 Å². The summed E-state index contributed by atoms with van der Waals surface area (Å²) in [5.41, 5.74) is 7.49. The lowest BCUT2D eigenvalue weighted by Gasteiger charge is -2.10. The molecular formula is C13H13BrClN3O2S. The van der Waals surface area contributed by atoms with E-state index in [2.05, 4.69) is 21.0 Å². The summed E-state index contributed by atoms with van der Waals surface area (Å²) in [5.74, 6) is 0.737. The molecule has 2 heterocycles. The number of benzene rings is 1. The lowest BCUT2D eigenvalue weighted by molar-refractivity contribution is 0.508. The molecule has 0 aliphatic carbocycles. The van der Waals surface area contributed by atoms with Crippen LogP contribution in [0.5, 0.6) is 0 Å². The number of hydrogen-bond acceptors (Lipinski definition) is 4. The average molecular weight is 391 g/mol. The van der Waals surface area contributed by atoms with Crippen molar-refractivity contribution in [3.05, 3.63) is 33.8 Å². The SMILES string of the molecule is Nc1cc(-c2cc(Cl)ccc2Br)nn1C1CCS(=O)(=O)C1. The molecule has 5 nitrogen and oxygen atoms in total. The van der Waals surface area contributed by atoms with Gasteiger partial charge in [0.1, 0.15) is 5.82 Å². The summed E-state index contributed by atoms with van der Waals surface area (Å²) in [6, 6.07) is 6.96. The number of halogens is 2. The van der Waals surface area contributed by atoms with E-state index >= 15 is 0 Å². The normalized spacial score (nSPS) is 20.8. The van der Waals surface area contributed by atoms with Crippen LogP contribution in [0.3, 0.4) is 0 Å². The van der Waals surface area contributed by atoms with E-state index in [1.165, 1.54) is 0 Å². The van der Waals surface area contributed by atoms with Crippen LogP contribution in [0.25, 0.3) is 11.3 Å². The molecule has 1 aromatic carbocycles. The van der Waals surface area contributed by atoms with Gasteiger partial charge in [-0.1, -0.05) is 27.5 Å². The van der Waals surface area contributed by atoms with Crippen LogP contribution in [0.2, 0.25) is 5.02 Å². The zero-order valence-electron chi connectivity index (χ0n) is 11.0. The highest BCUT2D eigenvalue weighted by Crippen LogP contribution is 2.33. The molecule has 1 unspecified atom stereocenters. The molecule has 0 amide bonds. The Balaban J connectivity index is 2.00. The molecule has 21 heavy (non-hydrogen) atoms. The van der Waals surface area contributed by atoms with E-state index < -0.39 is 9.84 Å². The van der Waals surface area contributed by atoms with Crippen molar-refractivity contribution in [2.45, 2.75) is 12.5 Å².